The van der Waals surface area contributed by atoms with Crippen LogP contribution >= 0.6 is 11.6 Å². The predicted molar refractivity (Wildman–Crippen MR) is 67.9 cm³/mol. The third kappa shape index (κ3) is 2.20. The van der Waals surface area contributed by atoms with Gasteiger partial charge in [-0.1, -0.05) is 18.2 Å². The molecule has 4 nitrogen and oxygen atoms in total. The van der Waals surface area contributed by atoms with Gasteiger partial charge >= 0.3 is 0 Å². The van der Waals surface area contributed by atoms with Crippen LogP contribution < -0.4 is 5.73 Å². The van der Waals surface area contributed by atoms with Crippen molar-refractivity contribution in [3.63, 3.8) is 0 Å². The fraction of sp³-hybridized carbons (Fsp3) is 0.385. The number of carbonyl (C=O) groups excluding carboxylic acids is 2. The Morgan fingerprint density at radius 2 is 2.33 bits per heavy atom. The molecule has 2 unspecified atom stereocenters. The monoisotopic (exact) mass is 265 g/mol. The van der Waals surface area contributed by atoms with Gasteiger partial charge in [-0.2, -0.15) is 0 Å². The van der Waals surface area contributed by atoms with Crippen LogP contribution in [0.15, 0.2) is 18.2 Å². The molecule has 0 bridgehead atoms. The van der Waals surface area contributed by atoms with E-state index in [1.54, 1.807) is 19.1 Å². The molecule has 2 N–H and O–H groups in total. The summed E-state index contributed by atoms with van der Waals surface area (Å²) in [7, 11) is 0. The second kappa shape index (κ2) is 4.98. The smallest absolute Gasteiger partial charge is 0.244 e. The number of hydrogen-bond donors (Lipinski definition) is 1. The van der Waals surface area contributed by atoms with Crippen molar-refractivity contribution in [3.05, 3.63) is 35.4 Å². The van der Waals surface area contributed by atoms with Gasteiger partial charge in [-0.25, -0.2) is 0 Å². The van der Waals surface area contributed by atoms with Gasteiger partial charge in [0.15, 0.2) is 0 Å². The molecule has 0 fully saturated rings. The van der Waals surface area contributed by atoms with Crippen molar-refractivity contribution < 1.29 is 9.59 Å². The highest BCUT2D eigenvalue weighted by Crippen LogP contribution is 2.30. The molecule has 95 valence electrons. The van der Waals surface area contributed by atoms with Gasteiger partial charge in [0.2, 0.25) is 11.8 Å². The quantitative estimate of drug-likeness (QED) is 0.812. The molecular formula is C13H14ClN2O2. The Morgan fingerprint density at radius 1 is 1.61 bits per heavy atom. The number of carbonyl (C=O) groups is 2. The topological polar surface area (TPSA) is 63.4 Å². The Morgan fingerprint density at radius 3 is 2.94 bits per heavy atom. The SMILES string of the molecule is CC(Cl)C(=O)N1CCc2c[c]ccc2C1C(N)=O. The summed E-state index contributed by atoms with van der Waals surface area (Å²) in [5.41, 5.74) is 7.21. The van der Waals surface area contributed by atoms with Crippen molar-refractivity contribution >= 4 is 23.4 Å². The summed E-state index contributed by atoms with van der Waals surface area (Å²) in [6, 6.07) is 7.57. The number of primary amides is 1. The van der Waals surface area contributed by atoms with Crippen LogP contribution in [-0.2, 0) is 16.0 Å². The zero-order chi connectivity index (χ0) is 13.3. The zero-order valence-electron chi connectivity index (χ0n) is 10.0. The number of alkyl halides is 1. The van der Waals surface area contributed by atoms with Crippen molar-refractivity contribution in [2.75, 3.05) is 6.54 Å². The molecule has 0 saturated heterocycles. The van der Waals surface area contributed by atoms with Gasteiger partial charge in [0, 0.05) is 6.54 Å². The number of amides is 2. The minimum atomic E-state index is -0.725. The molecule has 0 aromatic heterocycles. The molecular weight excluding hydrogens is 252 g/mol. The molecule has 1 radical (unpaired) electrons. The molecule has 0 spiro atoms. The normalized spacial score (nSPS) is 20.1. The molecule has 1 aliphatic rings. The molecule has 0 saturated carbocycles. The number of fused-ring (bicyclic) bond motifs is 1. The third-order valence-electron chi connectivity index (χ3n) is 3.11. The standard InChI is InChI=1S/C13H14ClN2O2/c1-8(14)13(18)16-7-6-9-4-2-3-5-10(9)11(16)12(15)17/h3-5,8,11H,6-7H2,1H3,(H2,15,17). The summed E-state index contributed by atoms with van der Waals surface area (Å²) in [6.45, 7) is 2.05. The van der Waals surface area contributed by atoms with E-state index in [9.17, 15) is 9.59 Å². The van der Waals surface area contributed by atoms with Crippen LogP contribution in [0.4, 0.5) is 0 Å². The van der Waals surface area contributed by atoms with E-state index in [2.05, 4.69) is 6.07 Å². The maximum atomic E-state index is 12.0. The lowest BCUT2D eigenvalue weighted by Gasteiger charge is -2.36. The second-order valence-electron chi connectivity index (χ2n) is 4.33. The van der Waals surface area contributed by atoms with E-state index in [1.165, 1.54) is 4.90 Å². The molecule has 2 atom stereocenters. The van der Waals surface area contributed by atoms with Crippen LogP contribution in [0.25, 0.3) is 0 Å². The van der Waals surface area contributed by atoms with E-state index in [1.807, 2.05) is 6.07 Å². The minimum Gasteiger partial charge on any atom is -0.368 e. The number of benzene rings is 1. The lowest BCUT2D eigenvalue weighted by atomic mass is 9.92. The predicted octanol–water partition coefficient (Wildman–Crippen LogP) is 1.03. The zero-order valence-corrected chi connectivity index (χ0v) is 10.8. The van der Waals surface area contributed by atoms with Gasteiger partial charge in [-0.05, 0) is 30.5 Å². The fourth-order valence-corrected chi connectivity index (χ4v) is 2.40. The van der Waals surface area contributed by atoms with Crippen LogP contribution in [0, 0.1) is 6.07 Å². The van der Waals surface area contributed by atoms with E-state index in [0.717, 1.165) is 11.1 Å². The summed E-state index contributed by atoms with van der Waals surface area (Å²) in [6.07, 6.45) is 0.686. The number of nitrogens with two attached hydrogens (primary N) is 1. The number of rotatable bonds is 2. The molecule has 1 heterocycles. The number of hydrogen-bond acceptors (Lipinski definition) is 2. The van der Waals surface area contributed by atoms with E-state index >= 15 is 0 Å². The van der Waals surface area contributed by atoms with Gasteiger partial charge in [-0.15, -0.1) is 11.6 Å². The van der Waals surface area contributed by atoms with Crippen molar-refractivity contribution in [2.24, 2.45) is 5.73 Å². The Kier molecular flexibility index (Phi) is 3.57. The second-order valence-corrected chi connectivity index (χ2v) is 4.98. The summed E-state index contributed by atoms with van der Waals surface area (Å²) >= 11 is 5.81. The molecule has 5 heteroatoms. The summed E-state index contributed by atoms with van der Waals surface area (Å²) in [4.78, 5) is 25.1. The highest BCUT2D eigenvalue weighted by Gasteiger charge is 2.35. The highest BCUT2D eigenvalue weighted by molar-refractivity contribution is 6.30. The van der Waals surface area contributed by atoms with Gasteiger partial charge in [0.25, 0.3) is 0 Å². The van der Waals surface area contributed by atoms with Crippen molar-refractivity contribution in [3.8, 4) is 0 Å². The van der Waals surface area contributed by atoms with E-state index < -0.39 is 17.3 Å². The average molecular weight is 266 g/mol. The first-order valence-corrected chi connectivity index (χ1v) is 6.18. The van der Waals surface area contributed by atoms with Crippen LogP contribution in [0.2, 0.25) is 0 Å². The van der Waals surface area contributed by atoms with Crippen LogP contribution in [0.5, 0.6) is 0 Å². The van der Waals surface area contributed by atoms with Crippen molar-refractivity contribution in [2.45, 2.75) is 24.8 Å². The van der Waals surface area contributed by atoms with Gasteiger partial charge in [-0.3, -0.25) is 9.59 Å². The minimum absolute atomic E-state index is 0.265. The molecule has 1 aliphatic heterocycles. The lowest BCUT2D eigenvalue weighted by Crippen LogP contribution is -2.47. The molecule has 2 amide bonds. The van der Waals surface area contributed by atoms with E-state index in [0.29, 0.717) is 13.0 Å². The molecule has 1 aromatic carbocycles. The van der Waals surface area contributed by atoms with E-state index in [4.69, 9.17) is 17.3 Å². The van der Waals surface area contributed by atoms with Crippen molar-refractivity contribution in [1.29, 1.82) is 0 Å². The van der Waals surface area contributed by atoms with E-state index in [-0.39, 0.29) is 5.91 Å². The average Bonchev–Trinajstić information content (AvgIpc) is 2.36. The number of halogens is 1. The first kappa shape index (κ1) is 12.9. The highest BCUT2D eigenvalue weighted by atomic mass is 35.5. The Hall–Kier alpha value is -1.55. The molecule has 18 heavy (non-hydrogen) atoms. The maximum absolute atomic E-state index is 12.0. The van der Waals surface area contributed by atoms with Gasteiger partial charge in [0.05, 0.1) is 0 Å². The third-order valence-corrected chi connectivity index (χ3v) is 3.30. The van der Waals surface area contributed by atoms with Gasteiger partial charge in [0.1, 0.15) is 11.4 Å². The fourth-order valence-electron chi connectivity index (χ4n) is 2.27. The summed E-state index contributed by atoms with van der Waals surface area (Å²) in [5.74, 6) is -0.799. The Bertz CT molecular complexity index is 488. The first-order valence-electron chi connectivity index (χ1n) is 5.75. The van der Waals surface area contributed by atoms with Crippen molar-refractivity contribution in [1.82, 2.24) is 4.90 Å². The van der Waals surface area contributed by atoms with Crippen LogP contribution in [0.1, 0.15) is 24.1 Å². The summed E-state index contributed by atoms with van der Waals surface area (Å²) in [5, 5.41) is -0.663. The first-order chi connectivity index (χ1) is 8.52. The van der Waals surface area contributed by atoms with Crippen LogP contribution in [-0.4, -0.2) is 28.6 Å². The largest absolute Gasteiger partial charge is 0.368 e. The summed E-state index contributed by atoms with van der Waals surface area (Å²) < 4.78 is 0. The number of nitrogens with zero attached hydrogens (tertiary/aromatic N) is 1. The molecule has 1 aromatic rings. The van der Waals surface area contributed by atoms with Gasteiger partial charge < -0.3 is 10.6 Å². The Balaban J connectivity index is 2.42. The molecule has 0 aliphatic carbocycles. The lowest BCUT2D eigenvalue weighted by molar-refractivity contribution is -0.139. The van der Waals surface area contributed by atoms with Crippen LogP contribution in [0.3, 0.4) is 0 Å². The Labute approximate surface area is 111 Å². The molecule has 2 rings (SSSR count). The maximum Gasteiger partial charge on any atom is 0.244 e.